The van der Waals surface area contributed by atoms with Crippen molar-refractivity contribution in [3.63, 3.8) is 0 Å². The molecule has 0 saturated carbocycles. The fraction of sp³-hybridized carbons (Fsp3) is 0.240. The Balaban J connectivity index is 1.45. The topological polar surface area (TPSA) is 73.7 Å². The Morgan fingerprint density at radius 1 is 1.00 bits per heavy atom. The van der Waals surface area contributed by atoms with E-state index in [2.05, 4.69) is 0 Å². The molecule has 7 nitrogen and oxygen atoms in total. The van der Waals surface area contributed by atoms with Gasteiger partial charge in [-0.25, -0.2) is 4.79 Å². The van der Waals surface area contributed by atoms with Crippen LogP contribution in [0.3, 0.4) is 0 Å². The summed E-state index contributed by atoms with van der Waals surface area (Å²) in [6, 6.07) is 19.9. The number of morpholine rings is 1. The lowest BCUT2D eigenvalue weighted by molar-refractivity contribution is -0.150. The summed E-state index contributed by atoms with van der Waals surface area (Å²) in [5.41, 5.74) is 3.65. The van der Waals surface area contributed by atoms with E-state index in [1.54, 1.807) is 11.0 Å². The van der Waals surface area contributed by atoms with Crippen molar-refractivity contribution in [3.8, 4) is 11.3 Å². The first-order valence-corrected chi connectivity index (χ1v) is 10.6. The van der Waals surface area contributed by atoms with Crippen molar-refractivity contribution in [1.82, 2.24) is 14.7 Å². The van der Waals surface area contributed by atoms with Gasteiger partial charge in [-0.2, -0.15) is 5.10 Å². The first-order valence-electron chi connectivity index (χ1n) is 10.6. The average molecular weight is 431 g/mol. The lowest BCUT2D eigenvalue weighted by Crippen LogP contribution is -2.42. The number of rotatable bonds is 7. The zero-order valence-electron chi connectivity index (χ0n) is 17.7. The molecule has 1 aliphatic rings. The largest absolute Gasteiger partial charge is 0.452 e. The van der Waals surface area contributed by atoms with E-state index < -0.39 is 5.97 Å². The summed E-state index contributed by atoms with van der Waals surface area (Å²) in [7, 11) is 0. The molecular weight excluding hydrogens is 406 g/mol. The van der Waals surface area contributed by atoms with Gasteiger partial charge in [0.15, 0.2) is 6.61 Å². The third kappa shape index (κ3) is 5.70. The summed E-state index contributed by atoms with van der Waals surface area (Å²) in [5.74, 6) is -0.780. The van der Waals surface area contributed by atoms with E-state index >= 15 is 0 Å². The van der Waals surface area contributed by atoms with Gasteiger partial charge >= 0.3 is 5.97 Å². The molecule has 0 atom stereocenters. The second kappa shape index (κ2) is 10.5. The molecule has 2 aromatic carbocycles. The molecule has 164 valence electrons. The van der Waals surface area contributed by atoms with Gasteiger partial charge in [0.25, 0.3) is 5.91 Å². The number of aromatic nitrogens is 2. The van der Waals surface area contributed by atoms with Gasteiger partial charge in [0.05, 0.1) is 25.5 Å². The summed E-state index contributed by atoms with van der Waals surface area (Å²) in [6.45, 7) is 2.40. The zero-order valence-corrected chi connectivity index (χ0v) is 17.7. The van der Waals surface area contributed by atoms with Gasteiger partial charge in [-0.05, 0) is 11.6 Å². The number of nitrogens with zero attached hydrogens (tertiary/aromatic N) is 3. The molecule has 0 N–H and O–H groups in total. The van der Waals surface area contributed by atoms with E-state index in [0.29, 0.717) is 32.8 Å². The number of hydrogen-bond donors (Lipinski definition) is 0. The van der Waals surface area contributed by atoms with Gasteiger partial charge in [0, 0.05) is 36.5 Å². The molecule has 1 saturated heterocycles. The van der Waals surface area contributed by atoms with Crippen LogP contribution >= 0.6 is 0 Å². The molecule has 7 heteroatoms. The number of hydrogen-bond acceptors (Lipinski definition) is 5. The van der Waals surface area contributed by atoms with Crippen LogP contribution in [0.2, 0.25) is 0 Å². The van der Waals surface area contributed by atoms with Gasteiger partial charge in [-0.15, -0.1) is 0 Å². The van der Waals surface area contributed by atoms with Gasteiger partial charge in [-0.1, -0.05) is 60.7 Å². The second-order valence-electron chi connectivity index (χ2n) is 7.42. The van der Waals surface area contributed by atoms with Gasteiger partial charge in [-0.3, -0.25) is 9.48 Å². The van der Waals surface area contributed by atoms with Gasteiger partial charge < -0.3 is 14.4 Å². The van der Waals surface area contributed by atoms with Crippen molar-refractivity contribution in [2.24, 2.45) is 0 Å². The van der Waals surface area contributed by atoms with Crippen molar-refractivity contribution in [1.29, 1.82) is 0 Å². The third-order valence-electron chi connectivity index (χ3n) is 5.13. The first-order chi connectivity index (χ1) is 15.7. The molecule has 1 aromatic heterocycles. The van der Waals surface area contributed by atoms with Crippen LogP contribution < -0.4 is 0 Å². The van der Waals surface area contributed by atoms with Crippen LogP contribution in [0.15, 0.2) is 72.9 Å². The van der Waals surface area contributed by atoms with E-state index in [1.807, 2.05) is 71.5 Å². The number of benzene rings is 2. The summed E-state index contributed by atoms with van der Waals surface area (Å²) >= 11 is 0. The fourth-order valence-corrected chi connectivity index (χ4v) is 3.47. The van der Waals surface area contributed by atoms with Crippen LogP contribution in [0.25, 0.3) is 17.3 Å². The van der Waals surface area contributed by atoms with Crippen molar-refractivity contribution >= 4 is 18.0 Å². The Hall–Kier alpha value is -3.71. The summed E-state index contributed by atoms with van der Waals surface area (Å²) < 4.78 is 12.2. The monoisotopic (exact) mass is 431 g/mol. The van der Waals surface area contributed by atoms with E-state index in [9.17, 15) is 9.59 Å². The van der Waals surface area contributed by atoms with Crippen LogP contribution in [0.5, 0.6) is 0 Å². The predicted molar refractivity (Wildman–Crippen MR) is 121 cm³/mol. The highest BCUT2D eigenvalue weighted by atomic mass is 16.5. The number of esters is 1. The van der Waals surface area contributed by atoms with E-state index in [1.165, 1.54) is 6.08 Å². The Bertz CT molecular complexity index is 1070. The standard InChI is InChI=1S/C25H25N3O4/c29-23(27-13-15-31-16-14-27)19-32-24(30)12-11-22-18-28(17-20-7-3-1-4-8-20)26-25(22)21-9-5-2-6-10-21/h1-12,18H,13-17,19H2/b12-11+. The molecule has 1 aliphatic heterocycles. The molecule has 1 amide bonds. The van der Waals surface area contributed by atoms with Crippen molar-refractivity contribution in [3.05, 3.63) is 84.1 Å². The van der Waals surface area contributed by atoms with Crippen LogP contribution in [-0.4, -0.2) is 59.5 Å². The third-order valence-corrected chi connectivity index (χ3v) is 5.13. The molecular formula is C25H25N3O4. The molecule has 1 fully saturated rings. The van der Waals surface area contributed by atoms with Gasteiger partial charge in [0.2, 0.25) is 0 Å². The second-order valence-corrected chi connectivity index (χ2v) is 7.42. The molecule has 0 bridgehead atoms. The quantitative estimate of drug-likeness (QED) is 0.425. The Kier molecular flexibility index (Phi) is 7.09. The van der Waals surface area contributed by atoms with Crippen LogP contribution in [-0.2, 0) is 25.6 Å². The van der Waals surface area contributed by atoms with E-state index in [4.69, 9.17) is 14.6 Å². The zero-order chi connectivity index (χ0) is 22.2. The van der Waals surface area contributed by atoms with Crippen LogP contribution in [0, 0.1) is 0 Å². The van der Waals surface area contributed by atoms with Crippen molar-refractivity contribution in [2.75, 3.05) is 32.9 Å². The molecule has 0 unspecified atom stereocenters. The lowest BCUT2D eigenvalue weighted by atomic mass is 10.1. The maximum absolute atomic E-state index is 12.2. The van der Waals surface area contributed by atoms with Gasteiger partial charge in [0.1, 0.15) is 0 Å². The number of ether oxygens (including phenoxy) is 2. The van der Waals surface area contributed by atoms with Crippen LogP contribution in [0.4, 0.5) is 0 Å². The molecule has 2 heterocycles. The summed E-state index contributed by atoms with van der Waals surface area (Å²) in [6.07, 6.45) is 4.92. The minimum absolute atomic E-state index is 0.212. The highest BCUT2D eigenvalue weighted by Gasteiger charge is 2.18. The lowest BCUT2D eigenvalue weighted by Gasteiger charge is -2.26. The fourth-order valence-electron chi connectivity index (χ4n) is 3.47. The highest BCUT2D eigenvalue weighted by molar-refractivity contribution is 5.90. The molecule has 0 radical (unpaired) electrons. The predicted octanol–water partition coefficient (Wildman–Crippen LogP) is 3.01. The summed E-state index contributed by atoms with van der Waals surface area (Å²) in [5, 5.41) is 4.73. The Morgan fingerprint density at radius 3 is 2.41 bits per heavy atom. The maximum atomic E-state index is 12.2. The Morgan fingerprint density at radius 2 is 1.69 bits per heavy atom. The number of carbonyl (C=O) groups is 2. The van der Waals surface area contributed by atoms with Crippen molar-refractivity contribution in [2.45, 2.75) is 6.54 Å². The molecule has 4 rings (SSSR count). The molecule has 3 aromatic rings. The van der Waals surface area contributed by atoms with Crippen molar-refractivity contribution < 1.29 is 19.1 Å². The van der Waals surface area contributed by atoms with Crippen LogP contribution in [0.1, 0.15) is 11.1 Å². The maximum Gasteiger partial charge on any atom is 0.331 e. The molecule has 0 spiro atoms. The van der Waals surface area contributed by atoms with E-state index in [-0.39, 0.29) is 12.5 Å². The molecule has 32 heavy (non-hydrogen) atoms. The normalized spacial score (nSPS) is 13.9. The summed E-state index contributed by atoms with van der Waals surface area (Å²) in [4.78, 5) is 26.0. The van der Waals surface area contributed by atoms with E-state index in [0.717, 1.165) is 22.4 Å². The minimum atomic E-state index is -0.568. The number of amides is 1. The number of carbonyl (C=O) groups excluding carboxylic acids is 2. The first kappa shape index (κ1) is 21.5. The molecule has 0 aliphatic carbocycles. The SMILES string of the molecule is O=C(/C=C/c1cn(Cc2ccccc2)nc1-c1ccccc1)OCC(=O)N1CCOCC1. The Labute approximate surface area is 186 Å². The average Bonchev–Trinajstić information content (AvgIpc) is 3.25. The smallest absolute Gasteiger partial charge is 0.331 e. The highest BCUT2D eigenvalue weighted by Crippen LogP contribution is 2.23. The minimum Gasteiger partial charge on any atom is -0.452 e.